The van der Waals surface area contributed by atoms with E-state index in [1.54, 1.807) is 7.11 Å². The molecule has 0 unspecified atom stereocenters. The van der Waals surface area contributed by atoms with Gasteiger partial charge in [-0.05, 0) is 18.9 Å². The summed E-state index contributed by atoms with van der Waals surface area (Å²) in [5, 5.41) is 5.61. The Kier molecular flexibility index (Phi) is 7.08. The van der Waals surface area contributed by atoms with Gasteiger partial charge in [-0.25, -0.2) is 4.79 Å². The summed E-state index contributed by atoms with van der Waals surface area (Å²) < 4.78 is 5.31. The average Bonchev–Trinajstić information content (AvgIpc) is 2.49. The van der Waals surface area contributed by atoms with Gasteiger partial charge >= 0.3 is 6.03 Å². The number of rotatable bonds is 8. The van der Waals surface area contributed by atoms with Crippen molar-refractivity contribution in [3.63, 3.8) is 0 Å². The number of urea groups is 1. The van der Waals surface area contributed by atoms with Crippen molar-refractivity contribution in [3.05, 3.63) is 29.8 Å². The van der Waals surface area contributed by atoms with E-state index in [0.717, 1.165) is 17.7 Å². The summed E-state index contributed by atoms with van der Waals surface area (Å²) in [4.78, 5) is 22.5. The van der Waals surface area contributed by atoms with Crippen LogP contribution in [0, 0.1) is 0 Å². The second kappa shape index (κ2) is 8.84. The fraction of sp³-hybridized carbons (Fsp3) is 0.467. The fourth-order valence-corrected chi connectivity index (χ4v) is 2.03. The lowest BCUT2D eigenvalue weighted by Gasteiger charge is -2.20. The van der Waals surface area contributed by atoms with Gasteiger partial charge in [-0.3, -0.25) is 4.79 Å². The molecule has 0 heterocycles. The van der Waals surface area contributed by atoms with Crippen LogP contribution in [0.3, 0.4) is 0 Å². The van der Waals surface area contributed by atoms with E-state index in [0.29, 0.717) is 13.0 Å². The van der Waals surface area contributed by atoms with Crippen LogP contribution in [-0.4, -0.2) is 25.6 Å². The maximum Gasteiger partial charge on any atom is 0.315 e. The second-order valence-electron chi connectivity index (χ2n) is 4.67. The molecule has 1 rings (SSSR count). The second-order valence-corrected chi connectivity index (χ2v) is 4.67. The van der Waals surface area contributed by atoms with Crippen molar-refractivity contribution < 1.29 is 14.3 Å². The molecule has 1 atom stereocenters. The molecular formula is C15H23N3O3. The normalized spacial score (nSPS) is 11.5. The fourth-order valence-electron chi connectivity index (χ4n) is 2.03. The van der Waals surface area contributed by atoms with Crippen molar-refractivity contribution in [3.8, 4) is 5.75 Å². The molecule has 0 bridgehead atoms. The Morgan fingerprint density at radius 2 is 2.05 bits per heavy atom. The van der Waals surface area contributed by atoms with Crippen LogP contribution in [0.15, 0.2) is 24.3 Å². The first-order valence-electron chi connectivity index (χ1n) is 7.04. The van der Waals surface area contributed by atoms with Gasteiger partial charge < -0.3 is 21.1 Å². The quantitative estimate of drug-likeness (QED) is 0.637. The van der Waals surface area contributed by atoms with E-state index in [2.05, 4.69) is 10.6 Å². The summed E-state index contributed by atoms with van der Waals surface area (Å²) in [5.74, 6) is 0.385. The van der Waals surface area contributed by atoms with Crippen molar-refractivity contribution in [2.75, 3.05) is 13.7 Å². The highest BCUT2D eigenvalue weighted by Crippen LogP contribution is 2.26. The number of primary amides is 1. The molecule has 116 valence electrons. The topological polar surface area (TPSA) is 93.5 Å². The monoisotopic (exact) mass is 293 g/mol. The number of nitrogens with two attached hydrogens (primary N) is 1. The van der Waals surface area contributed by atoms with Gasteiger partial charge in [-0.15, -0.1) is 0 Å². The van der Waals surface area contributed by atoms with E-state index in [1.807, 2.05) is 31.2 Å². The number of methoxy groups -OCH3 is 1. The standard InChI is InChI=1S/C15H23N3O3/c1-3-12(11-7-4-5-8-13(11)21-2)18-15(20)17-10-6-9-14(16)19/h4-5,7-8,12H,3,6,9-10H2,1-2H3,(H2,16,19)(H2,17,18,20)/t12-/m1/s1. The summed E-state index contributed by atoms with van der Waals surface area (Å²) in [7, 11) is 1.61. The molecule has 0 saturated heterocycles. The third-order valence-corrected chi connectivity index (χ3v) is 3.11. The van der Waals surface area contributed by atoms with Crippen molar-refractivity contribution in [1.82, 2.24) is 10.6 Å². The molecule has 0 saturated carbocycles. The van der Waals surface area contributed by atoms with Gasteiger partial charge in [0.1, 0.15) is 5.75 Å². The smallest absolute Gasteiger partial charge is 0.315 e. The van der Waals surface area contributed by atoms with Gasteiger partial charge in [0, 0.05) is 18.5 Å². The summed E-state index contributed by atoms with van der Waals surface area (Å²) in [6.07, 6.45) is 1.55. The van der Waals surface area contributed by atoms with Crippen LogP contribution in [0.4, 0.5) is 4.79 Å². The van der Waals surface area contributed by atoms with Gasteiger partial charge in [0.05, 0.1) is 13.2 Å². The molecule has 0 spiro atoms. The van der Waals surface area contributed by atoms with Crippen molar-refractivity contribution in [1.29, 1.82) is 0 Å². The number of benzene rings is 1. The van der Waals surface area contributed by atoms with Crippen molar-refractivity contribution >= 4 is 11.9 Å². The highest BCUT2D eigenvalue weighted by molar-refractivity contribution is 5.75. The Balaban J connectivity index is 2.53. The number of ether oxygens (including phenoxy) is 1. The Morgan fingerprint density at radius 3 is 2.67 bits per heavy atom. The molecule has 6 nitrogen and oxygen atoms in total. The molecule has 0 radical (unpaired) electrons. The summed E-state index contributed by atoms with van der Waals surface area (Å²) >= 11 is 0. The number of amides is 3. The molecule has 6 heteroatoms. The first-order valence-corrected chi connectivity index (χ1v) is 7.04. The molecule has 0 fully saturated rings. The molecule has 1 aromatic rings. The summed E-state index contributed by atoms with van der Waals surface area (Å²) in [6.45, 7) is 2.40. The van der Waals surface area contributed by atoms with Crippen molar-refractivity contribution in [2.45, 2.75) is 32.2 Å². The molecule has 0 aliphatic carbocycles. The van der Waals surface area contributed by atoms with E-state index in [1.165, 1.54) is 0 Å². The van der Waals surface area contributed by atoms with Gasteiger partial charge in [0.15, 0.2) is 0 Å². The zero-order chi connectivity index (χ0) is 15.7. The van der Waals surface area contributed by atoms with E-state index in [9.17, 15) is 9.59 Å². The molecule has 1 aromatic carbocycles. The lowest BCUT2D eigenvalue weighted by molar-refractivity contribution is -0.118. The summed E-state index contributed by atoms with van der Waals surface area (Å²) in [6, 6.07) is 7.20. The average molecular weight is 293 g/mol. The van der Waals surface area contributed by atoms with E-state index >= 15 is 0 Å². The first-order chi connectivity index (χ1) is 10.1. The molecule has 0 aromatic heterocycles. The highest BCUT2D eigenvalue weighted by Gasteiger charge is 2.16. The number of carbonyl (C=O) groups excluding carboxylic acids is 2. The number of nitrogens with one attached hydrogen (secondary N) is 2. The molecule has 3 amide bonds. The van der Waals surface area contributed by atoms with Gasteiger partial charge in [0.25, 0.3) is 0 Å². The lowest BCUT2D eigenvalue weighted by Crippen LogP contribution is -2.38. The van der Waals surface area contributed by atoms with Crippen LogP contribution in [0.25, 0.3) is 0 Å². The minimum absolute atomic E-state index is 0.128. The molecule has 0 aliphatic heterocycles. The van der Waals surface area contributed by atoms with Crippen LogP contribution in [-0.2, 0) is 4.79 Å². The largest absolute Gasteiger partial charge is 0.496 e. The molecular weight excluding hydrogens is 270 g/mol. The summed E-state index contributed by atoms with van der Waals surface area (Å²) in [5.41, 5.74) is 5.98. The minimum atomic E-state index is -0.363. The van der Waals surface area contributed by atoms with E-state index in [-0.39, 0.29) is 24.4 Å². The van der Waals surface area contributed by atoms with Gasteiger partial charge in [0.2, 0.25) is 5.91 Å². The lowest BCUT2D eigenvalue weighted by atomic mass is 10.0. The van der Waals surface area contributed by atoms with Gasteiger partial charge in [-0.1, -0.05) is 25.1 Å². The number of para-hydroxylation sites is 1. The SMILES string of the molecule is CC[C@@H](NC(=O)NCCCC(N)=O)c1ccccc1OC. The zero-order valence-corrected chi connectivity index (χ0v) is 12.5. The Labute approximate surface area is 125 Å². The third kappa shape index (κ3) is 5.72. The molecule has 0 aliphatic rings. The maximum atomic E-state index is 11.9. The predicted octanol–water partition coefficient (Wildman–Crippen LogP) is 1.71. The van der Waals surface area contributed by atoms with Crippen LogP contribution < -0.4 is 21.1 Å². The third-order valence-electron chi connectivity index (χ3n) is 3.11. The Hall–Kier alpha value is -2.24. The molecule has 4 N–H and O–H groups in total. The van der Waals surface area contributed by atoms with E-state index in [4.69, 9.17) is 10.5 Å². The van der Waals surface area contributed by atoms with Crippen LogP contribution in [0.5, 0.6) is 5.75 Å². The number of hydrogen-bond donors (Lipinski definition) is 3. The van der Waals surface area contributed by atoms with E-state index < -0.39 is 0 Å². The van der Waals surface area contributed by atoms with Crippen LogP contribution in [0.1, 0.15) is 37.8 Å². The Morgan fingerprint density at radius 1 is 1.33 bits per heavy atom. The Bertz CT molecular complexity index is 477. The number of hydrogen-bond acceptors (Lipinski definition) is 3. The van der Waals surface area contributed by atoms with Gasteiger partial charge in [-0.2, -0.15) is 0 Å². The maximum absolute atomic E-state index is 11.9. The highest BCUT2D eigenvalue weighted by atomic mass is 16.5. The van der Waals surface area contributed by atoms with Crippen LogP contribution >= 0.6 is 0 Å². The van der Waals surface area contributed by atoms with Crippen molar-refractivity contribution in [2.24, 2.45) is 5.73 Å². The molecule has 21 heavy (non-hydrogen) atoms. The minimum Gasteiger partial charge on any atom is -0.496 e. The number of carbonyl (C=O) groups is 2. The van der Waals surface area contributed by atoms with Crippen LogP contribution in [0.2, 0.25) is 0 Å². The zero-order valence-electron chi connectivity index (χ0n) is 12.5. The predicted molar refractivity (Wildman–Crippen MR) is 81.0 cm³/mol. The first kappa shape index (κ1) is 16.8.